The van der Waals surface area contributed by atoms with E-state index in [0.717, 1.165) is 22.0 Å². The number of para-hydroxylation sites is 1. The number of aromatic amines is 1. The second-order valence-corrected chi connectivity index (χ2v) is 5.74. The van der Waals surface area contributed by atoms with Crippen LogP contribution < -0.4 is 5.32 Å². The number of carboxylic acids is 1. The van der Waals surface area contributed by atoms with Crippen LogP contribution in [0.2, 0.25) is 0 Å². The molecule has 0 aliphatic heterocycles. The summed E-state index contributed by atoms with van der Waals surface area (Å²) in [4.78, 5) is 27.1. The molecule has 3 N–H and O–H groups in total. The summed E-state index contributed by atoms with van der Waals surface area (Å²) in [6.45, 7) is 1.82. The Morgan fingerprint density at radius 2 is 1.83 bits per heavy atom. The van der Waals surface area contributed by atoms with Gasteiger partial charge in [0, 0.05) is 29.1 Å². The molecule has 0 unspecified atom stereocenters. The molecule has 0 saturated carbocycles. The number of nitrogens with one attached hydrogen (secondary N) is 2. The Morgan fingerprint density at radius 3 is 2.58 bits per heavy atom. The molecule has 0 aliphatic rings. The van der Waals surface area contributed by atoms with Crippen LogP contribution >= 0.6 is 0 Å². The Labute approximate surface area is 139 Å². The van der Waals surface area contributed by atoms with Crippen molar-refractivity contribution in [2.75, 3.05) is 0 Å². The number of fused-ring (bicyclic) bond motifs is 1. The fourth-order valence-electron chi connectivity index (χ4n) is 2.78. The van der Waals surface area contributed by atoms with Gasteiger partial charge in [0.05, 0.1) is 0 Å². The highest BCUT2D eigenvalue weighted by atomic mass is 16.4. The fraction of sp³-hybridized carbons (Fsp3) is 0.158. The number of hydrogen-bond acceptors (Lipinski definition) is 2. The summed E-state index contributed by atoms with van der Waals surface area (Å²) in [6.07, 6.45) is 2.01. The molecule has 1 heterocycles. The van der Waals surface area contributed by atoms with E-state index >= 15 is 0 Å². The van der Waals surface area contributed by atoms with E-state index in [1.54, 1.807) is 18.3 Å². The van der Waals surface area contributed by atoms with Crippen molar-refractivity contribution in [3.8, 4) is 0 Å². The van der Waals surface area contributed by atoms with Crippen LogP contribution in [0.3, 0.4) is 0 Å². The van der Waals surface area contributed by atoms with Crippen molar-refractivity contribution in [2.24, 2.45) is 0 Å². The SMILES string of the molecule is Cc1ccccc1C(=O)N[C@@H](Cc1c[nH]c2ccccc12)C(=O)O. The van der Waals surface area contributed by atoms with Crippen LogP contribution in [0.1, 0.15) is 21.5 Å². The first-order valence-corrected chi connectivity index (χ1v) is 7.70. The van der Waals surface area contributed by atoms with Gasteiger partial charge in [0.2, 0.25) is 0 Å². The molecule has 3 aromatic rings. The Kier molecular flexibility index (Phi) is 4.33. The molecule has 122 valence electrons. The molecular weight excluding hydrogens is 304 g/mol. The lowest BCUT2D eigenvalue weighted by Gasteiger charge is -2.15. The number of aromatic nitrogens is 1. The second-order valence-electron chi connectivity index (χ2n) is 5.74. The molecule has 5 heteroatoms. The molecule has 0 spiro atoms. The number of H-pyrrole nitrogens is 1. The summed E-state index contributed by atoms with van der Waals surface area (Å²) in [5.74, 6) is -1.43. The molecule has 2 aromatic carbocycles. The second kappa shape index (κ2) is 6.58. The molecule has 1 aromatic heterocycles. The summed E-state index contributed by atoms with van der Waals surface area (Å²) in [5, 5.41) is 13.1. The fourth-order valence-corrected chi connectivity index (χ4v) is 2.78. The van der Waals surface area contributed by atoms with Gasteiger partial charge in [0.1, 0.15) is 6.04 Å². The lowest BCUT2D eigenvalue weighted by atomic mass is 10.0. The van der Waals surface area contributed by atoms with E-state index in [1.165, 1.54) is 0 Å². The van der Waals surface area contributed by atoms with E-state index in [9.17, 15) is 14.7 Å². The predicted octanol–water partition coefficient (Wildman–Crippen LogP) is 2.90. The number of amides is 1. The summed E-state index contributed by atoms with van der Waals surface area (Å²) in [5.41, 5.74) is 3.11. The summed E-state index contributed by atoms with van der Waals surface area (Å²) >= 11 is 0. The average molecular weight is 322 g/mol. The van der Waals surface area contributed by atoms with Gasteiger partial charge in [-0.3, -0.25) is 4.79 Å². The Hall–Kier alpha value is -3.08. The number of carbonyl (C=O) groups is 2. The highest BCUT2D eigenvalue weighted by molar-refractivity contribution is 5.98. The van der Waals surface area contributed by atoms with Gasteiger partial charge >= 0.3 is 5.97 Å². The summed E-state index contributed by atoms with van der Waals surface area (Å²) in [6, 6.07) is 13.8. The summed E-state index contributed by atoms with van der Waals surface area (Å²) in [7, 11) is 0. The van der Waals surface area contributed by atoms with Crippen LogP contribution in [0.5, 0.6) is 0 Å². The highest BCUT2D eigenvalue weighted by Crippen LogP contribution is 2.19. The van der Waals surface area contributed by atoms with E-state index in [2.05, 4.69) is 10.3 Å². The van der Waals surface area contributed by atoms with Crippen molar-refractivity contribution in [2.45, 2.75) is 19.4 Å². The van der Waals surface area contributed by atoms with E-state index in [-0.39, 0.29) is 12.3 Å². The Balaban J connectivity index is 1.82. The zero-order chi connectivity index (χ0) is 17.1. The van der Waals surface area contributed by atoms with Gasteiger partial charge in [-0.05, 0) is 30.2 Å². The lowest BCUT2D eigenvalue weighted by Crippen LogP contribution is -2.42. The van der Waals surface area contributed by atoms with E-state index < -0.39 is 12.0 Å². The minimum atomic E-state index is -1.05. The number of aryl methyl sites for hydroxylation is 1. The van der Waals surface area contributed by atoms with Gasteiger partial charge in [-0.2, -0.15) is 0 Å². The first-order chi connectivity index (χ1) is 11.6. The smallest absolute Gasteiger partial charge is 0.326 e. The van der Waals surface area contributed by atoms with Crippen molar-refractivity contribution in [1.82, 2.24) is 10.3 Å². The minimum absolute atomic E-state index is 0.219. The number of carboxylic acid groups (broad SMARTS) is 1. The van der Waals surface area contributed by atoms with Crippen LogP contribution in [-0.4, -0.2) is 28.0 Å². The first-order valence-electron chi connectivity index (χ1n) is 7.70. The zero-order valence-corrected chi connectivity index (χ0v) is 13.2. The molecule has 3 rings (SSSR count). The Morgan fingerprint density at radius 1 is 1.12 bits per heavy atom. The zero-order valence-electron chi connectivity index (χ0n) is 13.2. The molecule has 1 atom stereocenters. The number of benzene rings is 2. The third kappa shape index (κ3) is 3.15. The van der Waals surface area contributed by atoms with Gasteiger partial charge in [-0.1, -0.05) is 36.4 Å². The van der Waals surface area contributed by atoms with Gasteiger partial charge in [-0.25, -0.2) is 4.79 Å². The van der Waals surface area contributed by atoms with Crippen molar-refractivity contribution in [3.05, 3.63) is 71.4 Å². The molecule has 0 radical (unpaired) electrons. The monoisotopic (exact) mass is 322 g/mol. The van der Waals surface area contributed by atoms with E-state index in [4.69, 9.17) is 0 Å². The third-order valence-corrected chi connectivity index (χ3v) is 4.09. The quantitative estimate of drug-likeness (QED) is 0.675. The molecule has 0 fully saturated rings. The maximum Gasteiger partial charge on any atom is 0.326 e. The van der Waals surface area contributed by atoms with Gasteiger partial charge in [-0.15, -0.1) is 0 Å². The number of hydrogen-bond donors (Lipinski definition) is 3. The van der Waals surface area contributed by atoms with Crippen LogP contribution in [0.25, 0.3) is 10.9 Å². The Bertz CT molecular complexity index is 898. The van der Waals surface area contributed by atoms with E-state index in [0.29, 0.717) is 5.56 Å². The topological polar surface area (TPSA) is 82.2 Å². The van der Waals surface area contributed by atoms with Crippen molar-refractivity contribution >= 4 is 22.8 Å². The van der Waals surface area contributed by atoms with Crippen molar-refractivity contribution in [1.29, 1.82) is 0 Å². The third-order valence-electron chi connectivity index (χ3n) is 4.09. The largest absolute Gasteiger partial charge is 0.480 e. The van der Waals surface area contributed by atoms with Crippen LogP contribution in [-0.2, 0) is 11.2 Å². The summed E-state index contributed by atoms with van der Waals surface area (Å²) < 4.78 is 0. The van der Waals surface area contributed by atoms with Crippen molar-refractivity contribution < 1.29 is 14.7 Å². The molecule has 0 bridgehead atoms. The van der Waals surface area contributed by atoms with Crippen LogP contribution in [0, 0.1) is 6.92 Å². The van der Waals surface area contributed by atoms with Crippen LogP contribution in [0.15, 0.2) is 54.7 Å². The van der Waals surface area contributed by atoms with Crippen LogP contribution in [0.4, 0.5) is 0 Å². The number of carbonyl (C=O) groups excluding carboxylic acids is 1. The van der Waals surface area contributed by atoms with Crippen molar-refractivity contribution in [3.63, 3.8) is 0 Å². The number of aliphatic carboxylic acids is 1. The molecule has 0 aliphatic carbocycles. The standard InChI is InChI=1S/C19H18N2O3/c1-12-6-2-3-7-14(12)18(22)21-17(19(23)24)10-13-11-20-16-9-5-4-8-15(13)16/h2-9,11,17,20H,10H2,1H3,(H,21,22)(H,23,24)/t17-/m0/s1. The molecule has 0 saturated heterocycles. The first kappa shape index (κ1) is 15.8. The molecule has 24 heavy (non-hydrogen) atoms. The maximum absolute atomic E-state index is 12.4. The van der Waals surface area contributed by atoms with Gasteiger partial charge in [0.15, 0.2) is 0 Å². The normalized spacial score (nSPS) is 12.0. The maximum atomic E-state index is 12.4. The van der Waals surface area contributed by atoms with Gasteiger partial charge in [0.25, 0.3) is 5.91 Å². The molecule has 1 amide bonds. The predicted molar refractivity (Wildman–Crippen MR) is 92.1 cm³/mol. The van der Waals surface area contributed by atoms with Gasteiger partial charge < -0.3 is 15.4 Å². The van der Waals surface area contributed by atoms with E-state index in [1.807, 2.05) is 43.3 Å². The molecule has 5 nitrogen and oxygen atoms in total. The minimum Gasteiger partial charge on any atom is -0.480 e. The molecular formula is C19H18N2O3. The average Bonchev–Trinajstić information content (AvgIpc) is 2.97. The lowest BCUT2D eigenvalue weighted by molar-refractivity contribution is -0.139. The number of rotatable bonds is 5. The highest BCUT2D eigenvalue weighted by Gasteiger charge is 2.23.